The molecule has 0 radical (unpaired) electrons. The molecule has 18 heavy (non-hydrogen) atoms. The number of aliphatic hydroxyl groups is 1. The molecule has 0 saturated heterocycles. The second-order valence-electron chi connectivity index (χ2n) is 7.21. The molecule has 2 aliphatic rings. The number of fused-ring (bicyclic) bond motifs is 2. The molecule has 2 aliphatic carbocycles. The Hall–Kier alpha value is -0.0800. The van der Waals surface area contributed by atoms with Gasteiger partial charge in [-0.25, -0.2) is 0 Å². The molecule has 2 fully saturated rings. The molecule has 2 nitrogen and oxygen atoms in total. The van der Waals surface area contributed by atoms with Crippen LogP contribution in [0.2, 0.25) is 0 Å². The third-order valence-corrected chi connectivity index (χ3v) is 6.62. The second kappa shape index (κ2) is 4.79. The van der Waals surface area contributed by atoms with Crippen LogP contribution in [0.3, 0.4) is 0 Å². The molecule has 2 heteroatoms. The molecule has 1 N–H and O–H groups in total. The molecule has 0 aromatic carbocycles. The molecule has 2 bridgehead atoms. The van der Waals surface area contributed by atoms with E-state index in [0.29, 0.717) is 11.3 Å². The zero-order valence-corrected chi connectivity index (χ0v) is 12.9. The van der Waals surface area contributed by atoms with Crippen LogP contribution < -0.4 is 0 Å². The van der Waals surface area contributed by atoms with Crippen molar-refractivity contribution in [2.24, 2.45) is 22.7 Å². The quantitative estimate of drug-likeness (QED) is 0.813. The van der Waals surface area contributed by atoms with Gasteiger partial charge in [0.25, 0.3) is 0 Å². The summed E-state index contributed by atoms with van der Waals surface area (Å²) in [5.74, 6) is 1.26. The SMILES string of the molecule is CCN(CC)CC[C@@H]1[C@H]2CC[C@@](C)([C@@H]1O)C2(C)C. The summed E-state index contributed by atoms with van der Waals surface area (Å²) in [7, 11) is 0. The summed E-state index contributed by atoms with van der Waals surface area (Å²) in [5, 5.41) is 10.7. The maximum absolute atomic E-state index is 10.7. The molecular weight excluding hydrogens is 222 g/mol. The van der Waals surface area contributed by atoms with Crippen LogP contribution in [-0.2, 0) is 0 Å². The Morgan fingerprint density at radius 3 is 2.22 bits per heavy atom. The van der Waals surface area contributed by atoms with Gasteiger partial charge in [-0.1, -0.05) is 34.6 Å². The minimum absolute atomic E-state index is 0.0817. The fourth-order valence-corrected chi connectivity index (χ4v) is 4.76. The molecule has 0 heterocycles. The summed E-state index contributed by atoms with van der Waals surface area (Å²) in [6, 6.07) is 0. The van der Waals surface area contributed by atoms with Crippen LogP contribution in [0.25, 0.3) is 0 Å². The summed E-state index contributed by atoms with van der Waals surface area (Å²) in [6.45, 7) is 14.9. The van der Waals surface area contributed by atoms with Crippen molar-refractivity contribution in [1.29, 1.82) is 0 Å². The highest BCUT2D eigenvalue weighted by Gasteiger charge is 2.65. The molecule has 0 spiro atoms. The van der Waals surface area contributed by atoms with Crippen LogP contribution in [0.1, 0.15) is 53.9 Å². The van der Waals surface area contributed by atoms with Crippen molar-refractivity contribution in [2.45, 2.75) is 60.0 Å². The highest BCUT2D eigenvalue weighted by atomic mass is 16.3. The fraction of sp³-hybridized carbons (Fsp3) is 1.00. The van der Waals surface area contributed by atoms with Gasteiger partial charge in [0.15, 0.2) is 0 Å². The van der Waals surface area contributed by atoms with Gasteiger partial charge in [0.1, 0.15) is 0 Å². The number of hydrogen-bond acceptors (Lipinski definition) is 2. The van der Waals surface area contributed by atoms with Crippen molar-refractivity contribution in [3.8, 4) is 0 Å². The van der Waals surface area contributed by atoms with E-state index in [1.807, 2.05) is 0 Å². The van der Waals surface area contributed by atoms with Crippen molar-refractivity contribution in [1.82, 2.24) is 4.90 Å². The summed E-state index contributed by atoms with van der Waals surface area (Å²) in [5.41, 5.74) is 0.478. The van der Waals surface area contributed by atoms with Crippen LogP contribution in [0.15, 0.2) is 0 Å². The summed E-state index contributed by atoms with van der Waals surface area (Å²) in [6.07, 6.45) is 3.63. The number of aliphatic hydroxyl groups excluding tert-OH is 1. The standard InChI is InChI=1S/C16H31NO/c1-6-17(7-2)11-9-12-13-8-10-16(5,14(12)18)15(13,3)4/h12-14,18H,6-11H2,1-5H3/t12-,13-,14-,16+/m1/s1. The highest BCUT2D eigenvalue weighted by molar-refractivity contribution is 5.14. The van der Waals surface area contributed by atoms with E-state index in [0.717, 1.165) is 25.6 Å². The van der Waals surface area contributed by atoms with E-state index in [-0.39, 0.29) is 11.5 Å². The zero-order chi connectivity index (χ0) is 13.6. The average Bonchev–Trinajstić information content (AvgIpc) is 2.64. The largest absolute Gasteiger partial charge is 0.392 e. The minimum atomic E-state index is -0.0817. The highest BCUT2D eigenvalue weighted by Crippen LogP contribution is 2.68. The Morgan fingerprint density at radius 1 is 1.17 bits per heavy atom. The molecule has 4 atom stereocenters. The molecule has 2 saturated carbocycles. The Balaban J connectivity index is 2.04. The van der Waals surface area contributed by atoms with E-state index in [2.05, 4.69) is 39.5 Å². The molecule has 0 aromatic rings. The van der Waals surface area contributed by atoms with E-state index >= 15 is 0 Å². The normalized spacial score (nSPS) is 41.8. The molecule has 2 rings (SSSR count). The third-order valence-electron chi connectivity index (χ3n) is 6.62. The van der Waals surface area contributed by atoms with Crippen LogP contribution in [-0.4, -0.2) is 35.7 Å². The molecule has 0 unspecified atom stereocenters. The summed E-state index contributed by atoms with van der Waals surface area (Å²) >= 11 is 0. The van der Waals surface area contributed by atoms with Crippen molar-refractivity contribution < 1.29 is 5.11 Å². The van der Waals surface area contributed by atoms with Gasteiger partial charge in [0.2, 0.25) is 0 Å². The van der Waals surface area contributed by atoms with Crippen molar-refractivity contribution in [3.05, 3.63) is 0 Å². The number of rotatable bonds is 5. The summed E-state index contributed by atoms with van der Waals surface area (Å²) < 4.78 is 0. The van der Waals surface area contributed by atoms with Gasteiger partial charge in [-0.3, -0.25) is 0 Å². The van der Waals surface area contributed by atoms with Crippen LogP contribution >= 0.6 is 0 Å². The van der Waals surface area contributed by atoms with Gasteiger partial charge in [-0.2, -0.15) is 0 Å². The molecular formula is C16H31NO. The van der Waals surface area contributed by atoms with Gasteiger partial charge < -0.3 is 10.0 Å². The topological polar surface area (TPSA) is 23.5 Å². The Morgan fingerprint density at radius 2 is 1.78 bits per heavy atom. The molecule has 0 aromatic heterocycles. The first-order valence-corrected chi connectivity index (χ1v) is 7.79. The second-order valence-corrected chi connectivity index (χ2v) is 7.21. The third kappa shape index (κ3) is 1.84. The molecule has 0 amide bonds. The Kier molecular flexibility index (Phi) is 3.81. The minimum Gasteiger partial charge on any atom is -0.392 e. The molecule has 0 aliphatic heterocycles. The predicted octanol–water partition coefficient (Wildman–Crippen LogP) is 3.15. The lowest BCUT2D eigenvalue weighted by Gasteiger charge is -2.37. The van der Waals surface area contributed by atoms with Gasteiger partial charge in [0, 0.05) is 0 Å². The predicted molar refractivity (Wildman–Crippen MR) is 76.5 cm³/mol. The van der Waals surface area contributed by atoms with E-state index < -0.39 is 0 Å². The van der Waals surface area contributed by atoms with E-state index in [1.54, 1.807) is 0 Å². The van der Waals surface area contributed by atoms with Gasteiger partial charge in [-0.15, -0.1) is 0 Å². The van der Waals surface area contributed by atoms with Gasteiger partial charge >= 0.3 is 0 Å². The number of hydrogen-bond donors (Lipinski definition) is 1. The number of nitrogens with zero attached hydrogens (tertiary/aromatic N) is 1. The average molecular weight is 253 g/mol. The maximum atomic E-state index is 10.7. The van der Waals surface area contributed by atoms with Crippen molar-refractivity contribution in [2.75, 3.05) is 19.6 Å². The Bertz CT molecular complexity index is 297. The van der Waals surface area contributed by atoms with Gasteiger partial charge in [-0.05, 0) is 61.6 Å². The smallest absolute Gasteiger partial charge is 0.0630 e. The first-order chi connectivity index (χ1) is 8.38. The van der Waals surface area contributed by atoms with E-state index in [1.165, 1.54) is 19.3 Å². The molecule has 106 valence electrons. The first-order valence-electron chi connectivity index (χ1n) is 7.79. The van der Waals surface area contributed by atoms with Crippen LogP contribution in [0.4, 0.5) is 0 Å². The fourth-order valence-electron chi connectivity index (χ4n) is 4.76. The van der Waals surface area contributed by atoms with E-state index in [9.17, 15) is 5.11 Å². The summed E-state index contributed by atoms with van der Waals surface area (Å²) in [4.78, 5) is 2.48. The van der Waals surface area contributed by atoms with Crippen molar-refractivity contribution in [3.63, 3.8) is 0 Å². The lowest BCUT2D eigenvalue weighted by molar-refractivity contribution is -0.0139. The Labute approximate surface area is 113 Å². The monoisotopic (exact) mass is 253 g/mol. The zero-order valence-electron chi connectivity index (χ0n) is 12.9. The van der Waals surface area contributed by atoms with Crippen molar-refractivity contribution >= 4 is 0 Å². The first kappa shape index (κ1) is 14.3. The lowest BCUT2D eigenvalue weighted by atomic mass is 9.70. The van der Waals surface area contributed by atoms with Crippen LogP contribution in [0, 0.1) is 22.7 Å². The lowest BCUT2D eigenvalue weighted by Crippen LogP contribution is -2.38. The maximum Gasteiger partial charge on any atom is 0.0630 e. The van der Waals surface area contributed by atoms with Crippen LogP contribution in [0.5, 0.6) is 0 Å². The van der Waals surface area contributed by atoms with E-state index in [4.69, 9.17) is 0 Å². The van der Waals surface area contributed by atoms with Gasteiger partial charge in [0.05, 0.1) is 6.10 Å².